The van der Waals surface area contributed by atoms with Gasteiger partial charge in [-0.3, -0.25) is 4.79 Å². The van der Waals surface area contributed by atoms with Crippen molar-refractivity contribution in [1.82, 2.24) is 5.32 Å². The van der Waals surface area contributed by atoms with Gasteiger partial charge in [0.1, 0.15) is 5.70 Å². The second-order valence-electron chi connectivity index (χ2n) is 4.12. The molecule has 100 valence electrons. The Morgan fingerprint density at radius 1 is 1.20 bits per heavy atom. The van der Waals surface area contributed by atoms with Gasteiger partial charge in [0.15, 0.2) is 0 Å². The average molecular weight is 305 g/mol. The van der Waals surface area contributed by atoms with Crippen LogP contribution in [0.2, 0.25) is 5.02 Å². The first kappa shape index (κ1) is 12.9. The molecule has 0 spiro atoms. The lowest BCUT2D eigenvalue weighted by Gasteiger charge is -2.11. The van der Waals surface area contributed by atoms with Crippen molar-refractivity contribution in [3.63, 3.8) is 0 Å². The molecule has 1 fully saturated rings. The quantitative estimate of drug-likeness (QED) is 0.682. The number of anilines is 1. The molecule has 0 aliphatic carbocycles. The Labute approximate surface area is 124 Å². The number of benzene rings is 1. The largest absolute Gasteiger partial charge is 0.333 e. The maximum atomic E-state index is 12.3. The summed E-state index contributed by atoms with van der Waals surface area (Å²) < 4.78 is 0. The molecule has 0 saturated carbocycles. The molecule has 1 aliphatic heterocycles. The molecule has 0 atom stereocenters. The van der Waals surface area contributed by atoms with Crippen molar-refractivity contribution in [1.29, 1.82) is 0 Å². The third-order valence-electron chi connectivity index (χ3n) is 2.77. The topological polar surface area (TPSA) is 49.4 Å². The highest BCUT2D eigenvalue weighted by molar-refractivity contribution is 7.10. The lowest BCUT2D eigenvalue weighted by atomic mass is 10.3. The molecule has 0 unspecified atom stereocenters. The number of carbonyl (C=O) groups excluding carboxylic acids is 2. The zero-order chi connectivity index (χ0) is 14.1. The number of amides is 3. The van der Waals surface area contributed by atoms with Crippen LogP contribution >= 0.6 is 22.9 Å². The van der Waals surface area contributed by atoms with Crippen LogP contribution in [0, 0.1) is 0 Å². The maximum absolute atomic E-state index is 12.3. The van der Waals surface area contributed by atoms with Crippen LogP contribution in [-0.4, -0.2) is 11.9 Å². The monoisotopic (exact) mass is 304 g/mol. The molecule has 1 aromatic carbocycles. The Bertz CT molecular complexity index is 710. The van der Waals surface area contributed by atoms with Crippen molar-refractivity contribution in [2.24, 2.45) is 0 Å². The zero-order valence-electron chi connectivity index (χ0n) is 10.2. The standard InChI is InChI=1S/C14H9ClN2O2S/c15-9-3-1-4-10(7-9)17-13(18)12(16-14(17)19)8-11-5-2-6-20-11/h1-8H,(H,16,19)/b12-8+. The highest BCUT2D eigenvalue weighted by Gasteiger charge is 2.34. The summed E-state index contributed by atoms with van der Waals surface area (Å²) in [4.78, 5) is 26.2. The van der Waals surface area contributed by atoms with E-state index in [-0.39, 0.29) is 11.6 Å². The first-order valence-electron chi connectivity index (χ1n) is 5.81. The maximum Gasteiger partial charge on any atom is 0.333 e. The van der Waals surface area contributed by atoms with Gasteiger partial charge in [-0.25, -0.2) is 9.69 Å². The van der Waals surface area contributed by atoms with Gasteiger partial charge in [0.2, 0.25) is 0 Å². The van der Waals surface area contributed by atoms with Gasteiger partial charge in [0.25, 0.3) is 5.91 Å². The van der Waals surface area contributed by atoms with Crippen LogP contribution < -0.4 is 10.2 Å². The van der Waals surface area contributed by atoms with Gasteiger partial charge < -0.3 is 5.32 Å². The predicted molar refractivity (Wildman–Crippen MR) is 79.8 cm³/mol. The van der Waals surface area contributed by atoms with Crippen molar-refractivity contribution < 1.29 is 9.59 Å². The minimum absolute atomic E-state index is 0.262. The molecule has 2 heterocycles. The van der Waals surface area contributed by atoms with E-state index in [0.29, 0.717) is 10.7 Å². The summed E-state index contributed by atoms with van der Waals surface area (Å²) in [5, 5.41) is 4.95. The van der Waals surface area contributed by atoms with Crippen LogP contribution in [0.4, 0.5) is 10.5 Å². The molecule has 1 aromatic heterocycles. The molecule has 6 heteroatoms. The molecule has 4 nitrogen and oxygen atoms in total. The second kappa shape index (κ2) is 5.11. The van der Waals surface area contributed by atoms with Crippen molar-refractivity contribution in [2.45, 2.75) is 0 Å². The summed E-state index contributed by atoms with van der Waals surface area (Å²) in [5.41, 5.74) is 0.715. The number of nitrogens with one attached hydrogen (secondary N) is 1. The summed E-state index contributed by atoms with van der Waals surface area (Å²) in [6, 6.07) is 9.90. The molecule has 20 heavy (non-hydrogen) atoms. The number of thiophene rings is 1. The number of carbonyl (C=O) groups is 2. The van der Waals surface area contributed by atoms with E-state index in [1.165, 1.54) is 11.3 Å². The first-order valence-corrected chi connectivity index (χ1v) is 7.07. The highest BCUT2D eigenvalue weighted by Crippen LogP contribution is 2.25. The number of imide groups is 1. The minimum atomic E-state index is -0.472. The number of rotatable bonds is 2. The third kappa shape index (κ3) is 2.33. The van der Waals surface area contributed by atoms with E-state index in [0.717, 1.165) is 9.78 Å². The van der Waals surface area contributed by atoms with Crippen LogP contribution in [0.25, 0.3) is 6.08 Å². The van der Waals surface area contributed by atoms with E-state index < -0.39 is 6.03 Å². The predicted octanol–water partition coefficient (Wildman–Crippen LogP) is 3.50. The van der Waals surface area contributed by atoms with Gasteiger partial charge in [-0.05, 0) is 35.7 Å². The number of halogens is 1. The van der Waals surface area contributed by atoms with E-state index in [1.807, 2.05) is 17.5 Å². The minimum Gasteiger partial charge on any atom is -0.302 e. The smallest absolute Gasteiger partial charge is 0.302 e. The van der Waals surface area contributed by atoms with Crippen molar-refractivity contribution in [3.8, 4) is 0 Å². The molecule has 1 aliphatic rings. The lowest BCUT2D eigenvalue weighted by Crippen LogP contribution is -2.30. The van der Waals surface area contributed by atoms with Crippen LogP contribution in [0.15, 0.2) is 47.5 Å². The number of hydrogen-bond donors (Lipinski definition) is 1. The van der Waals surface area contributed by atoms with E-state index >= 15 is 0 Å². The highest BCUT2D eigenvalue weighted by atomic mass is 35.5. The molecular weight excluding hydrogens is 296 g/mol. The average Bonchev–Trinajstić information content (AvgIpc) is 2.99. The van der Waals surface area contributed by atoms with Crippen molar-refractivity contribution in [2.75, 3.05) is 4.90 Å². The Morgan fingerprint density at radius 3 is 2.75 bits per heavy atom. The second-order valence-corrected chi connectivity index (χ2v) is 5.54. The Balaban J connectivity index is 1.95. The fourth-order valence-corrected chi connectivity index (χ4v) is 2.74. The molecule has 0 radical (unpaired) electrons. The molecule has 3 rings (SSSR count). The van der Waals surface area contributed by atoms with E-state index in [1.54, 1.807) is 30.3 Å². The Hall–Kier alpha value is -2.11. The Morgan fingerprint density at radius 2 is 2.05 bits per heavy atom. The van der Waals surface area contributed by atoms with Gasteiger partial charge in [0.05, 0.1) is 5.69 Å². The summed E-state index contributed by atoms with van der Waals surface area (Å²) >= 11 is 7.38. The lowest BCUT2D eigenvalue weighted by molar-refractivity contribution is -0.113. The molecule has 2 aromatic rings. The fraction of sp³-hybridized carbons (Fsp3) is 0. The normalized spacial score (nSPS) is 16.9. The molecular formula is C14H9ClN2O2S. The zero-order valence-corrected chi connectivity index (χ0v) is 11.7. The van der Waals surface area contributed by atoms with E-state index in [2.05, 4.69) is 5.32 Å². The van der Waals surface area contributed by atoms with Crippen molar-refractivity contribution in [3.05, 3.63) is 57.4 Å². The molecule has 1 N–H and O–H groups in total. The first-order chi connectivity index (χ1) is 9.65. The summed E-state index contributed by atoms with van der Waals surface area (Å²) in [6.45, 7) is 0. The van der Waals surface area contributed by atoms with Gasteiger partial charge in [-0.1, -0.05) is 23.7 Å². The van der Waals surface area contributed by atoms with Gasteiger partial charge in [0, 0.05) is 9.90 Å². The van der Waals surface area contributed by atoms with Gasteiger partial charge >= 0.3 is 6.03 Å². The van der Waals surface area contributed by atoms with Gasteiger partial charge in [-0.15, -0.1) is 11.3 Å². The van der Waals surface area contributed by atoms with Crippen LogP contribution in [0.5, 0.6) is 0 Å². The SMILES string of the molecule is O=C1N/C(=C/c2cccs2)C(=O)N1c1cccc(Cl)c1. The molecule has 3 amide bonds. The third-order valence-corrected chi connectivity index (χ3v) is 3.83. The van der Waals surface area contributed by atoms with Crippen LogP contribution in [0.1, 0.15) is 4.88 Å². The Kier molecular flexibility index (Phi) is 3.30. The summed E-state index contributed by atoms with van der Waals surface area (Å²) in [7, 11) is 0. The van der Waals surface area contributed by atoms with Gasteiger partial charge in [-0.2, -0.15) is 0 Å². The number of nitrogens with zero attached hydrogens (tertiary/aromatic N) is 1. The van der Waals surface area contributed by atoms with Crippen LogP contribution in [-0.2, 0) is 4.79 Å². The fourth-order valence-electron chi connectivity index (χ4n) is 1.90. The summed E-state index contributed by atoms with van der Waals surface area (Å²) in [5.74, 6) is -0.384. The molecule has 0 bridgehead atoms. The number of hydrogen-bond acceptors (Lipinski definition) is 3. The van der Waals surface area contributed by atoms with Crippen molar-refractivity contribution >= 4 is 46.6 Å². The molecule has 1 saturated heterocycles. The van der Waals surface area contributed by atoms with E-state index in [4.69, 9.17) is 11.6 Å². The number of urea groups is 1. The summed E-state index contributed by atoms with van der Waals surface area (Å²) in [6.07, 6.45) is 1.66. The van der Waals surface area contributed by atoms with E-state index in [9.17, 15) is 9.59 Å². The van der Waals surface area contributed by atoms with Crippen LogP contribution in [0.3, 0.4) is 0 Å².